The summed E-state index contributed by atoms with van der Waals surface area (Å²) < 4.78 is 0. The normalized spacial score (nSPS) is 11.7. The van der Waals surface area contributed by atoms with Crippen molar-refractivity contribution >= 4 is 5.91 Å². The summed E-state index contributed by atoms with van der Waals surface area (Å²) in [6.07, 6.45) is 0.437. The van der Waals surface area contributed by atoms with E-state index in [0.717, 1.165) is 0 Å². The highest BCUT2D eigenvalue weighted by atomic mass is 16.1. The van der Waals surface area contributed by atoms with Crippen LogP contribution in [0.1, 0.15) is 20.3 Å². The van der Waals surface area contributed by atoms with Gasteiger partial charge >= 0.3 is 0 Å². The molecule has 3 heteroatoms. The second kappa shape index (κ2) is 3.90. The Kier molecular flexibility index (Phi) is 3.45. The first-order valence-electron chi connectivity index (χ1n) is 2.89. The van der Waals surface area contributed by atoms with Crippen LogP contribution in [0.15, 0.2) is 0 Å². The van der Waals surface area contributed by atoms with E-state index in [-0.39, 0.29) is 11.9 Å². The second-order valence-electron chi connectivity index (χ2n) is 1.77. The van der Waals surface area contributed by atoms with Crippen LogP contribution in [-0.4, -0.2) is 11.9 Å². The molecule has 0 unspecified atom stereocenters. The van der Waals surface area contributed by atoms with Crippen LogP contribution < -0.4 is 5.32 Å². The summed E-state index contributed by atoms with van der Waals surface area (Å²) in [6.45, 7) is 3.40. The molecule has 1 atom stereocenters. The van der Waals surface area contributed by atoms with Crippen molar-refractivity contribution in [3.05, 3.63) is 0 Å². The van der Waals surface area contributed by atoms with Crippen LogP contribution in [0.3, 0.4) is 0 Å². The summed E-state index contributed by atoms with van der Waals surface area (Å²) in [7, 11) is 0. The number of rotatable bonds is 2. The average Bonchev–Trinajstić information content (AvgIpc) is 1.87. The molecule has 1 amide bonds. The summed E-state index contributed by atoms with van der Waals surface area (Å²) in [5.74, 6) is -0.0796. The van der Waals surface area contributed by atoms with Gasteiger partial charge in [0.05, 0.1) is 6.07 Å². The van der Waals surface area contributed by atoms with E-state index >= 15 is 0 Å². The first-order valence-corrected chi connectivity index (χ1v) is 2.89. The summed E-state index contributed by atoms with van der Waals surface area (Å²) in [5, 5.41) is 10.7. The molecule has 3 nitrogen and oxygen atoms in total. The van der Waals surface area contributed by atoms with Crippen molar-refractivity contribution < 1.29 is 4.79 Å². The maximum Gasteiger partial charge on any atom is 0.220 e. The third-order valence-electron chi connectivity index (χ3n) is 0.892. The van der Waals surface area contributed by atoms with Crippen molar-refractivity contribution in [1.29, 1.82) is 5.26 Å². The smallest absolute Gasteiger partial charge is 0.220 e. The van der Waals surface area contributed by atoms with Crippen molar-refractivity contribution in [2.75, 3.05) is 0 Å². The van der Waals surface area contributed by atoms with Gasteiger partial charge in [-0.05, 0) is 6.92 Å². The van der Waals surface area contributed by atoms with Gasteiger partial charge in [-0.25, -0.2) is 0 Å². The van der Waals surface area contributed by atoms with Gasteiger partial charge in [0.25, 0.3) is 0 Å². The van der Waals surface area contributed by atoms with Crippen molar-refractivity contribution in [3.8, 4) is 6.07 Å². The molecular weight excluding hydrogens is 116 g/mol. The predicted molar refractivity (Wildman–Crippen MR) is 33.5 cm³/mol. The molecule has 0 aromatic rings. The Morgan fingerprint density at radius 2 is 2.44 bits per heavy atom. The summed E-state index contributed by atoms with van der Waals surface area (Å²) in [4.78, 5) is 10.5. The third-order valence-corrected chi connectivity index (χ3v) is 0.892. The molecule has 0 aliphatic rings. The second-order valence-corrected chi connectivity index (χ2v) is 1.77. The lowest BCUT2D eigenvalue weighted by atomic mass is 10.3. The van der Waals surface area contributed by atoms with E-state index < -0.39 is 0 Å². The molecule has 0 rings (SSSR count). The molecule has 0 fully saturated rings. The van der Waals surface area contributed by atoms with E-state index in [1.54, 1.807) is 13.8 Å². The minimum absolute atomic E-state index is 0.0796. The van der Waals surface area contributed by atoms with Gasteiger partial charge in [0.15, 0.2) is 0 Å². The SMILES string of the molecule is CCC(=O)N[C@H](C)C#N. The molecule has 0 aromatic carbocycles. The first kappa shape index (κ1) is 7.96. The molecular formula is C6H10N2O. The Hall–Kier alpha value is -1.04. The largest absolute Gasteiger partial charge is 0.341 e. The average molecular weight is 126 g/mol. The van der Waals surface area contributed by atoms with Gasteiger partial charge in [-0.15, -0.1) is 0 Å². The van der Waals surface area contributed by atoms with Gasteiger partial charge in [0.2, 0.25) is 5.91 Å². The standard InChI is InChI=1S/C6H10N2O/c1-3-6(9)8-5(2)4-7/h5H,3H2,1-2H3,(H,8,9)/t5-/m1/s1. The van der Waals surface area contributed by atoms with Crippen molar-refractivity contribution in [2.24, 2.45) is 0 Å². The van der Waals surface area contributed by atoms with E-state index in [0.29, 0.717) is 6.42 Å². The molecule has 0 aliphatic carbocycles. The molecule has 0 radical (unpaired) electrons. The van der Waals surface area contributed by atoms with Crippen molar-refractivity contribution in [2.45, 2.75) is 26.3 Å². The molecule has 1 N–H and O–H groups in total. The van der Waals surface area contributed by atoms with Gasteiger partial charge in [-0.1, -0.05) is 6.92 Å². The van der Waals surface area contributed by atoms with Gasteiger partial charge < -0.3 is 5.32 Å². The molecule has 0 heterocycles. The topological polar surface area (TPSA) is 52.9 Å². The van der Waals surface area contributed by atoms with Crippen LogP contribution in [0.2, 0.25) is 0 Å². The maximum absolute atomic E-state index is 10.5. The number of hydrogen-bond acceptors (Lipinski definition) is 2. The molecule has 50 valence electrons. The number of nitrogens with zero attached hydrogens (tertiary/aromatic N) is 1. The lowest BCUT2D eigenvalue weighted by molar-refractivity contribution is -0.121. The maximum atomic E-state index is 10.5. The van der Waals surface area contributed by atoms with Crippen LogP contribution in [0.5, 0.6) is 0 Å². The molecule has 0 saturated heterocycles. The lowest BCUT2D eigenvalue weighted by Crippen LogP contribution is -2.30. The highest BCUT2D eigenvalue weighted by molar-refractivity contribution is 5.76. The predicted octanol–water partition coefficient (Wildman–Crippen LogP) is 0.425. The molecule has 0 aromatic heterocycles. The fraction of sp³-hybridized carbons (Fsp3) is 0.667. The Labute approximate surface area is 54.7 Å². The van der Waals surface area contributed by atoms with Crippen LogP contribution in [0.4, 0.5) is 0 Å². The molecule has 9 heavy (non-hydrogen) atoms. The summed E-state index contributed by atoms with van der Waals surface area (Å²) in [6, 6.07) is 1.53. The van der Waals surface area contributed by atoms with Crippen LogP contribution >= 0.6 is 0 Å². The third kappa shape index (κ3) is 3.53. The monoisotopic (exact) mass is 126 g/mol. The van der Waals surface area contributed by atoms with Crippen LogP contribution in [0, 0.1) is 11.3 Å². The number of carbonyl (C=O) groups is 1. The number of carbonyl (C=O) groups excluding carboxylic acids is 1. The van der Waals surface area contributed by atoms with Crippen LogP contribution in [0.25, 0.3) is 0 Å². The highest BCUT2D eigenvalue weighted by Crippen LogP contribution is 1.79. The number of nitriles is 1. The Morgan fingerprint density at radius 1 is 1.89 bits per heavy atom. The Balaban J connectivity index is 3.50. The lowest BCUT2D eigenvalue weighted by Gasteiger charge is -2.02. The zero-order valence-corrected chi connectivity index (χ0v) is 5.64. The number of nitrogens with one attached hydrogen (secondary N) is 1. The zero-order valence-electron chi connectivity index (χ0n) is 5.64. The Morgan fingerprint density at radius 3 is 2.78 bits per heavy atom. The van der Waals surface area contributed by atoms with Gasteiger partial charge in [-0.3, -0.25) is 4.79 Å². The van der Waals surface area contributed by atoms with E-state index in [4.69, 9.17) is 5.26 Å². The summed E-state index contributed by atoms with van der Waals surface area (Å²) in [5.41, 5.74) is 0. The van der Waals surface area contributed by atoms with E-state index in [9.17, 15) is 4.79 Å². The minimum Gasteiger partial charge on any atom is -0.341 e. The summed E-state index contributed by atoms with van der Waals surface area (Å²) >= 11 is 0. The van der Waals surface area contributed by atoms with E-state index in [1.807, 2.05) is 6.07 Å². The first-order chi connectivity index (χ1) is 4.20. The fourth-order valence-electron chi connectivity index (χ4n) is 0.376. The van der Waals surface area contributed by atoms with Gasteiger partial charge in [-0.2, -0.15) is 5.26 Å². The van der Waals surface area contributed by atoms with Crippen molar-refractivity contribution in [3.63, 3.8) is 0 Å². The Bertz CT molecular complexity index is 136. The molecule has 0 saturated carbocycles. The minimum atomic E-state index is -0.363. The fourth-order valence-corrected chi connectivity index (χ4v) is 0.376. The van der Waals surface area contributed by atoms with Gasteiger partial charge in [0, 0.05) is 6.42 Å². The quantitative estimate of drug-likeness (QED) is 0.583. The van der Waals surface area contributed by atoms with Gasteiger partial charge in [0.1, 0.15) is 6.04 Å². The van der Waals surface area contributed by atoms with E-state index in [1.165, 1.54) is 0 Å². The van der Waals surface area contributed by atoms with Crippen LogP contribution in [-0.2, 0) is 4.79 Å². The molecule has 0 aliphatic heterocycles. The molecule has 0 spiro atoms. The molecule has 0 bridgehead atoms. The van der Waals surface area contributed by atoms with E-state index in [2.05, 4.69) is 5.32 Å². The highest BCUT2D eigenvalue weighted by Gasteiger charge is 2.00. The number of amides is 1. The zero-order chi connectivity index (χ0) is 7.28. The number of hydrogen-bond donors (Lipinski definition) is 1. The van der Waals surface area contributed by atoms with Crippen molar-refractivity contribution in [1.82, 2.24) is 5.32 Å².